The van der Waals surface area contributed by atoms with Gasteiger partial charge in [0.25, 0.3) is 0 Å². The van der Waals surface area contributed by atoms with E-state index in [1.807, 2.05) is 36.2 Å². The van der Waals surface area contributed by atoms with Crippen LogP contribution in [0.15, 0.2) is 48.7 Å². The number of thioether (sulfide) groups is 1. The molecule has 3 N–H and O–H groups in total. The molecular formula is C23H26N2O3S. The van der Waals surface area contributed by atoms with Gasteiger partial charge in [-0.15, -0.1) is 0 Å². The van der Waals surface area contributed by atoms with Crippen molar-refractivity contribution in [3.8, 4) is 5.75 Å². The summed E-state index contributed by atoms with van der Waals surface area (Å²) in [4.78, 5) is 17.0. The summed E-state index contributed by atoms with van der Waals surface area (Å²) in [5.41, 5.74) is 3.70. The number of aromatic hydroxyl groups is 1. The van der Waals surface area contributed by atoms with Crippen molar-refractivity contribution >= 4 is 28.6 Å². The minimum absolute atomic E-state index is 0.328. The molecule has 1 saturated heterocycles. The maximum atomic E-state index is 11.2. The molecule has 0 amide bonds. The Balaban J connectivity index is 1.30. The number of carboxylic acids is 1. The van der Waals surface area contributed by atoms with Gasteiger partial charge >= 0.3 is 5.97 Å². The predicted octanol–water partition coefficient (Wildman–Crippen LogP) is 4.68. The number of aromatic amines is 1. The Bertz CT molecular complexity index is 1000. The summed E-state index contributed by atoms with van der Waals surface area (Å²) in [7, 11) is 0. The first-order valence-corrected chi connectivity index (χ1v) is 11.2. The zero-order valence-corrected chi connectivity index (χ0v) is 17.1. The Hall–Kier alpha value is -2.44. The van der Waals surface area contributed by atoms with Crippen molar-refractivity contribution in [2.45, 2.75) is 24.5 Å². The lowest BCUT2D eigenvalue weighted by Crippen LogP contribution is -2.35. The number of rotatable bonds is 7. The first-order valence-electron chi connectivity index (χ1n) is 10.0. The number of nitrogens with zero attached hydrogens (tertiary/aromatic N) is 1. The summed E-state index contributed by atoms with van der Waals surface area (Å²) in [6, 6.07) is 12.9. The van der Waals surface area contributed by atoms with E-state index >= 15 is 0 Å². The third-order valence-corrected chi connectivity index (χ3v) is 6.66. The third kappa shape index (κ3) is 4.77. The highest BCUT2D eigenvalue weighted by Crippen LogP contribution is 2.29. The Labute approximate surface area is 174 Å². The van der Waals surface area contributed by atoms with Crippen LogP contribution in [0, 0.1) is 0 Å². The molecule has 1 aromatic heterocycles. The quantitative estimate of drug-likeness (QED) is 0.493. The van der Waals surface area contributed by atoms with Crippen LogP contribution in [0.2, 0.25) is 0 Å². The van der Waals surface area contributed by atoms with Gasteiger partial charge in [-0.05, 0) is 66.8 Å². The monoisotopic (exact) mass is 410 g/mol. The van der Waals surface area contributed by atoms with Crippen molar-refractivity contribution < 1.29 is 15.0 Å². The molecule has 0 saturated carbocycles. The van der Waals surface area contributed by atoms with Gasteiger partial charge < -0.3 is 20.1 Å². The first-order chi connectivity index (χ1) is 14.1. The lowest BCUT2D eigenvalue weighted by atomic mass is 9.90. The summed E-state index contributed by atoms with van der Waals surface area (Å²) >= 11 is 1.88. The van der Waals surface area contributed by atoms with E-state index in [0.29, 0.717) is 17.2 Å². The fraction of sp³-hybridized carbons (Fsp3) is 0.348. The molecule has 5 nitrogen and oxygen atoms in total. The molecule has 0 bridgehead atoms. The molecule has 3 aromatic rings. The first kappa shape index (κ1) is 19.9. The van der Waals surface area contributed by atoms with Crippen LogP contribution in [-0.2, 0) is 5.75 Å². The van der Waals surface area contributed by atoms with Crippen LogP contribution < -0.4 is 0 Å². The number of phenols is 1. The molecule has 4 rings (SSSR count). The molecular weight excluding hydrogens is 384 g/mol. The van der Waals surface area contributed by atoms with Gasteiger partial charge in [-0.2, -0.15) is 11.8 Å². The van der Waals surface area contributed by atoms with Crippen LogP contribution in [0.25, 0.3) is 10.9 Å². The zero-order valence-electron chi connectivity index (χ0n) is 16.3. The summed E-state index contributed by atoms with van der Waals surface area (Å²) in [5, 5.41) is 20.0. The lowest BCUT2D eigenvalue weighted by molar-refractivity contribution is 0.0697. The molecule has 0 aliphatic carbocycles. The van der Waals surface area contributed by atoms with E-state index in [9.17, 15) is 15.0 Å². The number of carboxylic acid groups (broad SMARTS) is 1. The molecule has 29 heavy (non-hydrogen) atoms. The van der Waals surface area contributed by atoms with E-state index in [2.05, 4.69) is 16.0 Å². The fourth-order valence-electron chi connectivity index (χ4n) is 4.12. The molecule has 1 unspecified atom stereocenters. The molecule has 1 fully saturated rings. The van der Waals surface area contributed by atoms with Crippen molar-refractivity contribution in [1.82, 2.24) is 9.88 Å². The Morgan fingerprint density at radius 3 is 2.97 bits per heavy atom. The van der Waals surface area contributed by atoms with E-state index in [0.717, 1.165) is 47.6 Å². The van der Waals surface area contributed by atoms with Gasteiger partial charge in [-0.3, -0.25) is 0 Å². The molecule has 1 atom stereocenters. The van der Waals surface area contributed by atoms with E-state index in [-0.39, 0.29) is 0 Å². The number of fused-ring (bicyclic) bond motifs is 1. The molecule has 152 valence electrons. The van der Waals surface area contributed by atoms with Crippen molar-refractivity contribution in [2.75, 3.05) is 25.4 Å². The van der Waals surface area contributed by atoms with Crippen LogP contribution in [0.1, 0.15) is 40.2 Å². The highest BCUT2D eigenvalue weighted by molar-refractivity contribution is 7.98. The van der Waals surface area contributed by atoms with Crippen molar-refractivity contribution in [3.63, 3.8) is 0 Å². The van der Waals surface area contributed by atoms with Crippen LogP contribution in [0.5, 0.6) is 5.75 Å². The van der Waals surface area contributed by atoms with Crippen molar-refractivity contribution in [1.29, 1.82) is 0 Å². The van der Waals surface area contributed by atoms with E-state index in [1.54, 1.807) is 18.2 Å². The number of nitrogens with one attached hydrogen (secondary N) is 1. The topological polar surface area (TPSA) is 76.6 Å². The van der Waals surface area contributed by atoms with Gasteiger partial charge in [0.15, 0.2) is 0 Å². The number of carbonyl (C=O) groups is 1. The standard InChI is InChI=1S/C23H26N2O3S/c26-20-5-1-3-16(11-20)18-4-2-8-25(14-18)9-10-29-15-19-13-24-22-7-6-17(23(27)28)12-21(19)22/h1,3,5-7,11-13,18,24,26H,2,4,8-10,14-15H2,(H,27,28). The molecule has 1 aliphatic rings. The SMILES string of the molecule is O=C(O)c1ccc2[nH]cc(CSCCN3CCCC(c4cccc(O)c4)C3)c2c1. The van der Waals surface area contributed by atoms with E-state index in [1.165, 1.54) is 18.4 Å². The largest absolute Gasteiger partial charge is 0.508 e. The maximum Gasteiger partial charge on any atom is 0.335 e. The van der Waals surface area contributed by atoms with Crippen LogP contribution >= 0.6 is 11.8 Å². The summed E-state index contributed by atoms with van der Waals surface area (Å²) in [6.07, 6.45) is 4.35. The highest BCUT2D eigenvalue weighted by Gasteiger charge is 2.21. The molecule has 2 aromatic carbocycles. The van der Waals surface area contributed by atoms with Crippen LogP contribution in [0.3, 0.4) is 0 Å². The molecule has 2 heterocycles. The normalized spacial score (nSPS) is 17.6. The van der Waals surface area contributed by atoms with Crippen LogP contribution in [0.4, 0.5) is 0 Å². The third-order valence-electron chi connectivity index (χ3n) is 5.67. The van der Waals surface area contributed by atoms with Gasteiger partial charge in [-0.25, -0.2) is 4.79 Å². The summed E-state index contributed by atoms with van der Waals surface area (Å²) < 4.78 is 0. The van der Waals surface area contributed by atoms with E-state index in [4.69, 9.17) is 0 Å². The molecule has 0 radical (unpaired) electrons. The highest BCUT2D eigenvalue weighted by atomic mass is 32.2. The second-order valence-electron chi connectivity index (χ2n) is 7.67. The maximum absolute atomic E-state index is 11.2. The second-order valence-corrected chi connectivity index (χ2v) is 8.77. The smallest absolute Gasteiger partial charge is 0.335 e. The van der Waals surface area contributed by atoms with Gasteiger partial charge in [0, 0.05) is 41.7 Å². The average Bonchev–Trinajstić information content (AvgIpc) is 3.13. The lowest BCUT2D eigenvalue weighted by Gasteiger charge is -2.33. The minimum Gasteiger partial charge on any atom is -0.508 e. The van der Waals surface area contributed by atoms with Crippen molar-refractivity contribution in [3.05, 3.63) is 65.4 Å². The summed E-state index contributed by atoms with van der Waals surface area (Å²) in [6.45, 7) is 3.21. The Morgan fingerprint density at radius 2 is 2.14 bits per heavy atom. The number of hydrogen-bond donors (Lipinski definition) is 3. The fourth-order valence-corrected chi connectivity index (χ4v) is 5.11. The van der Waals surface area contributed by atoms with Crippen LogP contribution in [-0.4, -0.2) is 51.5 Å². The Morgan fingerprint density at radius 1 is 1.24 bits per heavy atom. The van der Waals surface area contributed by atoms with Crippen molar-refractivity contribution in [2.24, 2.45) is 0 Å². The number of likely N-dealkylation sites (tertiary alicyclic amines) is 1. The minimum atomic E-state index is -0.891. The molecule has 1 aliphatic heterocycles. The summed E-state index contributed by atoms with van der Waals surface area (Å²) in [5.74, 6) is 1.85. The number of phenolic OH excluding ortho intramolecular Hbond substituents is 1. The number of hydrogen-bond acceptors (Lipinski definition) is 4. The van der Waals surface area contributed by atoms with Gasteiger partial charge in [0.2, 0.25) is 0 Å². The number of piperidine rings is 1. The zero-order chi connectivity index (χ0) is 20.2. The Kier molecular flexibility index (Phi) is 6.11. The average molecular weight is 411 g/mol. The number of aromatic nitrogens is 1. The molecule has 6 heteroatoms. The number of benzene rings is 2. The van der Waals surface area contributed by atoms with Gasteiger partial charge in [0.1, 0.15) is 5.75 Å². The van der Waals surface area contributed by atoms with Gasteiger partial charge in [0.05, 0.1) is 5.56 Å². The number of aromatic carboxylic acids is 1. The van der Waals surface area contributed by atoms with E-state index < -0.39 is 5.97 Å². The number of H-pyrrole nitrogens is 1. The second kappa shape index (κ2) is 8.93. The predicted molar refractivity (Wildman–Crippen MR) is 118 cm³/mol. The molecule has 0 spiro atoms. The van der Waals surface area contributed by atoms with Gasteiger partial charge in [-0.1, -0.05) is 12.1 Å².